The van der Waals surface area contributed by atoms with Crippen LogP contribution in [0.5, 0.6) is 0 Å². The Balaban J connectivity index is 4.12. The van der Waals surface area contributed by atoms with E-state index < -0.39 is 32.5 Å². The van der Waals surface area contributed by atoms with Gasteiger partial charge in [-0.3, -0.25) is 18.6 Å². The third kappa shape index (κ3) is 43.6. The molecule has 0 rings (SSSR count). The summed E-state index contributed by atoms with van der Waals surface area (Å²) < 4.78 is 32.8. The minimum atomic E-state index is -4.38. The fourth-order valence-corrected chi connectivity index (χ4v) is 7.29. The first-order valence-electron chi connectivity index (χ1n) is 23.5. The van der Waals surface area contributed by atoms with E-state index in [4.69, 9.17) is 24.3 Å². The summed E-state index contributed by atoms with van der Waals surface area (Å²) in [6, 6.07) is 0. The molecular formula is C47H88NO8P. The van der Waals surface area contributed by atoms with Gasteiger partial charge < -0.3 is 20.1 Å². The molecule has 0 aliphatic rings. The summed E-state index contributed by atoms with van der Waals surface area (Å²) in [5.41, 5.74) is 5.35. The molecule has 2 unspecified atom stereocenters. The van der Waals surface area contributed by atoms with Gasteiger partial charge >= 0.3 is 19.8 Å². The molecule has 9 nitrogen and oxygen atoms in total. The highest BCUT2D eigenvalue weighted by Gasteiger charge is 2.26. The van der Waals surface area contributed by atoms with Crippen LogP contribution in [0, 0.1) is 0 Å². The van der Waals surface area contributed by atoms with Crippen molar-refractivity contribution in [2.75, 3.05) is 26.4 Å². The number of carbonyl (C=O) groups is 2. The molecule has 10 heteroatoms. The highest BCUT2D eigenvalue weighted by molar-refractivity contribution is 7.47. The maximum absolute atomic E-state index is 12.6. The van der Waals surface area contributed by atoms with Crippen LogP contribution in [0.1, 0.15) is 219 Å². The highest BCUT2D eigenvalue weighted by atomic mass is 31.2. The zero-order valence-electron chi connectivity index (χ0n) is 36.8. The Morgan fingerprint density at radius 1 is 0.526 bits per heavy atom. The van der Waals surface area contributed by atoms with Gasteiger partial charge in [-0.15, -0.1) is 0 Å². The van der Waals surface area contributed by atoms with Crippen molar-refractivity contribution in [3.05, 3.63) is 36.5 Å². The Labute approximate surface area is 350 Å². The Morgan fingerprint density at radius 3 is 1.39 bits per heavy atom. The van der Waals surface area contributed by atoms with Crippen molar-refractivity contribution in [1.82, 2.24) is 0 Å². The van der Waals surface area contributed by atoms with Gasteiger partial charge in [-0.2, -0.15) is 0 Å². The Bertz CT molecular complexity index is 1030. The Hall–Kier alpha value is -1.77. The molecule has 0 radical (unpaired) electrons. The molecule has 0 spiro atoms. The van der Waals surface area contributed by atoms with Gasteiger partial charge in [0.25, 0.3) is 0 Å². The summed E-state index contributed by atoms with van der Waals surface area (Å²) in [6.45, 7) is 3.71. The van der Waals surface area contributed by atoms with Gasteiger partial charge in [0.1, 0.15) is 6.61 Å². The Morgan fingerprint density at radius 2 is 0.912 bits per heavy atom. The van der Waals surface area contributed by atoms with Crippen LogP contribution in [0.25, 0.3) is 0 Å². The topological polar surface area (TPSA) is 134 Å². The minimum Gasteiger partial charge on any atom is -0.462 e. The van der Waals surface area contributed by atoms with Crippen LogP contribution in [-0.2, 0) is 32.7 Å². The molecule has 0 saturated heterocycles. The van der Waals surface area contributed by atoms with Crippen molar-refractivity contribution in [2.24, 2.45) is 5.73 Å². The van der Waals surface area contributed by atoms with E-state index in [9.17, 15) is 19.0 Å². The number of phosphoric acid groups is 1. The fraction of sp³-hybridized carbons (Fsp3) is 0.830. The summed E-state index contributed by atoms with van der Waals surface area (Å²) in [7, 11) is -4.38. The molecule has 0 fully saturated rings. The minimum absolute atomic E-state index is 0.0508. The van der Waals surface area contributed by atoms with Crippen LogP contribution < -0.4 is 5.73 Å². The van der Waals surface area contributed by atoms with Crippen LogP contribution in [0.4, 0.5) is 0 Å². The number of phosphoric ester groups is 1. The third-order valence-corrected chi connectivity index (χ3v) is 11.0. The zero-order valence-corrected chi connectivity index (χ0v) is 37.7. The molecule has 0 aromatic rings. The second-order valence-electron chi connectivity index (χ2n) is 15.6. The Kier molecular flexibility index (Phi) is 42.4. The monoisotopic (exact) mass is 826 g/mol. The lowest BCUT2D eigenvalue weighted by atomic mass is 10.0. The van der Waals surface area contributed by atoms with E-state index in [2.05, 4.69) is 50.3 Å². The lowest BCUT2D eigenvalue weighted by Gasteiger charge is -2.19. The molecule has 334 valence electrons. The van der Waals surface area contributed by atoms with Crippen molar-refractivity contribution in [3.63, 3.8) is 0 Å². The quantitative estimate of drug-likeness (QED) is 0.0266. The van der Waals surface area contributed by atoms with E-state index in [0.717, 1.165) is 51.4 Å². The van der Waals surface area contributed by atoms with Crippen molar-refractivity contribution < 1.29 is 37.6 Å². The smallest absolute Gasteiger partial charge is 0.462 e. The van der Waals surface area contributed by atoms with E-state index in [-0.39, 0.29) is 32.6 Å². The molecule has 0 aliphatic carbocycles. The molecule has 0 aromatic heterocycles. The van der Waals surface area contributed by atoms with Crippen LogP contribution in [0.2, 0.25) is 0 Å². The highest BCUT2D eigenvalue weighted by Crippen LogP contribution is 2.43. The second kappa shape index (κ2) is 43.8. The molecule has 2 atom stereocenters. The van der Waals surface area contributed by atoms with Crippen LogP contribution in [-0.4, -0.2) is 49.3 Å². The van der Waals surface area contributed by atoms with E-state index in [0.29, 0.717) is 12.8 Å². The number of rotatable bonds is 44. The van der Waals surface area contributed by atoms with Crippen molar-refractivity contribution in [2.45, 2.75) is 225 Å². The number of hydrogen-bond donors (Lipinski definition) is 2. The maximum Gasteiger partial charge on any atom is 0.472 e. The van der Waals surface area contributed by atoms with E-state index in [1.54, 1.807) is 0 Å². The third-order valence-electron chi connectivity index (χ3n) is 10.0. The fourth-order valence-electron chi connectivity index (χ4n) is 6.52. The lowest BCUT2D eigenvalue weighted by molar-refractivity contribution is -0.161. The van der Waals surface area contributed by atoms with Gasteiger partial charge in [-0.25, -0.2) is 4.57 Å². The first kappa shape index (κ1) is 55.2. The predicted octanol–water partition coefficient (Wildman–Crippen LogP) is 13.7. The van der Waals surface area contributed by atoms with Gasteiger partial charge in [0.15, 0.2) is 6.10 Å². The number of unbranched alkanes of at least 4 members (excludes halogenated alkanes) is 25. The number of allylic oxidation sites excluding steroid dienone is 6. The molecule has 57 heavy (non-hydrogen) atoms. The summed E-state index contributed by atoms with van der Waals surface area (Å²) in [5.74, 6) is -0.846. The largest absolute Gasteiger partial charge is 0.472 e. The van der Waals surface area contributed by atoms with Gasteiger partial charge in [0.05, 0.1) is 13.2 Å². The number of esters is 2. The van der Waals surface area contributed by atoms with Gasteiger partial charge in [-0.1, -0.05) is 192 Å². The summed E-state index contributed by atoms with van der Waals surface area (Å²) >= 11 is 0. The van der Waals surface area contributed by atoms with Crippen LogP contribution in [0.15, 0.2) is 36.5 Å². The second-order valence-corrected chi connectivity index (χ2v) is 17.1. The lowest BCUT2D eigenvalue weighted by Crippen LogP contribution is -2.29. The SMILES string of the molecule is CCCCCC=CCC=CCC=CCCCCCCC(=O)OCC(COP(=O)(O)OCCN)OC(=O)CCCCCCCCCCCCCCCCCCCCC. The van der Waals surface area contributed by atoms with E-state index in [1.165, 1.54) is 128 Å². The number of carbonyl (C=O) groups excluding carboxylic acids is 2. The van der Waals surface area contributed by atoms with Gasteiger partial charge in [0, 0.05) is 19.4 Å². The maximum atomic E-state index is 12.6. The van der Waals surface area contributed by atoms with E-state index in [1.807, 2.05) is 0 Å². The normalized spacial score (nSPS) is 13.5. The number of nitrogens with two attached hydrogens (primary N) is 1. The summed E-state index contributed by atoms with van der Waals surface area (Å²) in [4.78, 5) is 34.9. The molecule has 0 bridgehead atoms. The molecule has 0 heterocycles. The molecule has 0 amide bonds. The van der Waals surface area contributed by atoms with Crippen LogP contribution in [0.3, 0.4) is 0 Å². The average Bonchev–Trinajstić information content (AvgIpc) is 3.20. The predicted molar refractivity (Wildman–Crippen MR) is 238 cm³/mol. The van der Waals surface area contributed by atoms with Crippen molar-refractivity contribution >= 4 is 19.8 Å². The standard InChI is InChI=1S/C47H88NO8P/c1-3-5-7-9-11-13-15-17-19-21-22-24-26-28-30-32-34-36-38-40-47(50)56-45(44-55-57(51,52)54-42-41-48)43-53-46(49)39-37-35-33-31-29-27-25-23-20-18-16-14-12-10-8-6-4-2/h12,14,18,20,25,27,45H,3-11,13,15-17,19,21-24,26,28-44,48H2,1-2H3,(H,51,52). The zero-order chi connectivity index (χ0) is 41.8. The molecule has 3 N–H and O–H groups in total. The molecule has 0 saturated carbocycles. The number of hydrogen-bond acceptors (Lipinski definition) is 8. The number of ether oxygens (including phenoxy) is 2. The van der Waals surface area contributed by atoms with Gasteiger partial charge in [0.2, 0.25) is 0 Å². The van der Waals surface area contributed by atoms with Crippen molar-refractivity contribution in [1.29, 1.82) is 0 Å². The first-order valence-corrected chi connectivity index (χ1v) is 25.0. The van der Waals surface area contributed by atoms with E-state index >= 15 is 0 Å². The molecular weight excluding hydrogens is 737 g/mol. The van der Waals surface area contributed by atoms with Crippen molar-refractivity contribution in [3.8, 4) is 0 Å². The molecule has 0 aromatic carbocycles. The van der Waals surface area contributed by atoms with Gasteiger partial charge in [-0.05, 0) is 51.4 Å². The van der Waals surface area contributed by atoms with Crippen LogP contribution >= 0.6 is 7.82 Å². The average molecular weight is 826 g/mol. The summed E-state index contributed by atoms with van der Waals surface area (Å²) in [6.07, 6.45) is 48.9. The first-order chi connectivity index (χ1) is 27.8. The molecule has 0 aliphatic heterocycles. The summed E-state index contributed by atoms with van der Waals surface area (Å²) in [5, 5.41) is 0.